The first-order valence-electron chi connectivity index (χ1n) is 7.43. The third-order valence-corrected chi connectivity index (χ3v) is 4.35. The summed E-state index contributed by atoms with van der Waals surface area (Å²) in [6, 6.07) is 6.13. The number of fused-ring (bicyclic) bond motifs is 2. The number of phenolic OH excluding ortho intramolecular Hbond substituents is 2. The molecule has 0 aromatic heterocycles. The van der Waals surface area contributed by atoms with E-state index in [9.17, 15) is 15.3 Å². The van der Waals surface area contributed by atoms with Crippen molar-refractivity contribution < 1.29 is 34.3 Å². The monoisotopic (exact) mass is 332 g/mol. The summed E-state index contributed by atoms with van der Waals surface area (Å²) < 4.78 is 21.4. The molecule has 2 heterocycles. The van der Waals surface area contributed by atoms with Gasteiger partial charge in [0.1, 0.15) is 5.75 Å². The number of aliphatic hydroxyl groups is 1. The number of ether oxygens (including phenoxy) is 4. The zero-order valence-electron chi connectivity index (χ0n) is 12.9. The van der Waals surface area contributed by atoms with Crippen molar-refractivity contribution in [2.45, 2.75) is 12.0 Å². The van der Waals surface area contributed by atoms with Crippen LogP contribution in [0.5, 0.6) is 34.5 Å². The zero-order chi connectivity index (χ0) is 16.8. The molecule has 2 aromatic rings. The van der Waals surface area contributed by atoms with Crippen LogP contribution in [-0.2, 0) is 0 Å². The van der Waals surface area contributed by atoms with Crippen LogP contribution in [0.25, 0.3) is 0 Å². The Morgan fingerprint density at radius 2 is 1.75 bits per heavy atom. The lowest BCUT2D eigenvalue weighted by atomic mass is 9.86. The fourth-order valence-electron chi connectivity index (χ4n) is 3.13. The second-order valence-electron chi connectivity index (χ2n) is 5.66. The van der Waals surface area contributed by atoms with E-state index in [4.69, 9.17) is 18.9 Å². The molecule has 2 aliphatic heterocycles. The van der Waals surface area contributed by atoms with Crippen molar-refractivity contribution in [1.82, 2.24) is 0 Å². The molecule has 2 aromatic carbocycles. The lowest BCUT2D eigenvalue weighted by Gasteiger charge is -2.32. The van der Waals surface area contributed by atoms with Gasteiger partial charge in [-0.1, -0.05) is 0 Å². The van der Waals surface area contributed by atoms with E-state index in [1.54, 1.807) is 12.1 Å². The van der Waals surface area contributed by atoms with Crippen LogP contribution in [0.2, 0.25) is 0 Å². The minimum absolute atomic E-state index is 0.00101. The molecule has 0 saturated heterocycles. The summed E-state index contributed by atoms with van der Waals surface area (Å²) in [6.07, 6.45) is -0.936. The van der Waals surface area contributed by atoms with E-state index in [2.05, 4.69) is 0 Å². The standard InChI is InChI=1S/C17H16O7/c1-21-17-11(18)3-2-8-15(20)10(6-22-16(8)17)9-4-13-14(5-12(9)19)24-7-23-13/h2-5,10,15,18-20H,6-7H2,1H3. The number of hydrogen-bond acceptors (Lipinski definition) is 7. The Labute approximate surface area is 137 Å². The first kappa shape index (κ1) is 14.8. The van der Waals surface area contributed by atoms with E-state index in [0.717, 1.165) is 0 Å². The molecule has 2 aliphatic rings. The smallest absolute Gasteiger partial charge is 0.231 e. The van der Waals surface area contributed by atoms with E-state index in [0.29, 0.717) is 28.4 Å². The topological polar surface area (TPSA) is 97.6 Å². The molecule has 7 nitrogen and oxygen atoms in total. The van der Waals surface area contributed by atoms with Gasteiger partial charge in [0.05, 0.1) is 25.7 Å². The quantitative estimate of drug-likeness (QED) is 0.774. The first-order valence-corrected chi connectivity index (χ1v) is 7.43. The van der Waals surface area contributed by atoms with Crippen molar-refractivity contribution in [2.75, 3.05) is 20.5 Å². The zero-order valence-corrected chi connectivity index (χ0v) is 12.9. The van der Waals surface area contributed by atoms with Crippen molar-refractivity contribution in [2.24, 2.45) is 0 Å². The molecule has 126 valence electrons. The Hall–Kier alpha value is -2.80. The third-order valence-electron chi connectivity index (χ3n) is 4.35. The van der Waals surface area contributed by atoms with Crippen molar-refractivity contribution in [3.8, 4) is 34.5 Å². The maximum absolute atomic E-state index is 10.8. The fourth-order valence-corrected chi connectivity index (χ4v) is 3.13. The van der Waals surface area contributed by atoms with Gasteiger partial charge >= 0.3 is 0 Å². The predicted molar refractivity (Wildman–Crippen MR) is 82.1 cm³/mol. The van der Waals surface area contributed by atoms with Crippen LogP contribution >= 0.6 is 0 Å². The molecule has 4 rings (SSSR count). The second-order valence-corrected chi connectivity index (χ2v) is 5.66. The summed E-state index contributed by atoms with van der Waals surface area (Å²) in [5, 5.41) is 30.9. The van der Waals surface area contributed by atoms with Gasteiger partial charge in [0.15, 0.2) is 23.0 Å². The first-order chi connectivity index (χ1) is 11.6. The van der Waals surface area contributed by atoms with Crippen LogP contribution < -0.4 is 18.9 Å². The van der Waals surface area contributed by atoms with E-state index in [-0.39, 0.29) is 30.6 Å². The van der Waals surface area contributed by atoms with Gasteiger partial charge in [0.25, 0.3) is 0 Å². The van der Waals surface area contributed by atoms with Crippen LogP contribution in [0.3, 0.4) is 0 Å². The van der Waals surface area contributed by atoms with Gasteiger partial charge in [-0.15, -0.1) is 0 Å². The molecular weight excluding hydrogens is 316 g/mol. The molecule has 0 bridgehead atoms. The van der Waals surface area contributed by atoms with Crippen LogP contribution in [0.15, 0.2) is 24.3 Å². The molecule has 3 N–H and O–H groups in total. The van der Waals surface area contributed by atoms with Gasteiger partial charge in [-0.25, -0.2) is 0 Å². The highest BCUT2D eigenvalue weighted by atomic mass is 16.7. The molecular formula is C17H16O7. The van der Waals surface area contributed by atoms with Gasteiger partial charge in [-0.05, 0) is 18.2 Å². The normalized spacial score (nSPS) is 21.1. The molecule has 2 unspecified atom stereocenters. The SMILES string of the molecule is COc1c(O)ccc2c1OCC(c1cc3c(cc1O)OCO3)C2O. The van der Waals surface area contributed by atoms with Crippen LogP contribution in [0.1, 0.15) is 23.1 Å². The van der Waals surface area contributed by atoms with Crippen LogP contribution in [0.4, 0.5) is 0 Å². The predicted octanol–water partition coefficient (Wildman–Crippen LogP) is 2.04. The molecule has 0 aliphatic carbocycles. The number of aromatic hydroxyl groups is 2. The molecule has 0 amide bonds. The van der Waals surface area contributed by atoms with E-state index < -0.39 is 12.0 Å². The highest BCUT2D eigenvalue weighted by molar-refractivity contribution is 5.59. The number of hydrogen-bond donors (Lipinski definition) is 3. The second kappa shape index (κ2) is 5.38. The van der Waals surface area contributed by atoms with Crippen LogP contribution in [-0.4, -0.2) is 35.8 Å². The number of aliphatic hydroxyl groups excluding tert-OH is 1. The van der Waals surface area contributed by atoms with Crippen molar-refractivity contribution in [3.63, 3.8) is 0 Å². The third kappa shape index (κ3) is 2.09. The highest BCUT2D eigenvalue weighted by Gasteiger charge is 2.36. The average Bonchev–Trinajstić information content (AvgIpc) is 3.02. The van der Waals surface area contributed by atoms with Crippen LogP contribution in [0, 0.1) is 0 Å². The minimum Gasteiger partial charge on any atom is -0.508 e. The van der Waals surface area contributed by atoms with E-state index in [1.807, 2.05) is 0 Å². The Balaban J connectivity index is 1.75. The number of phenols is 2. The largest absolute Gasteiger partial charge is 0.508 e. The van der Waals surface area contributed by atoms with Crippen molar-refractivity contribution in [3.05, 3.63) is 35.4 Å². The van der Waals surface area contributed by atoms with Crippen molar-refractivity contribution in [1.29, 1.82) is 0 Å². The van der Waals surface area contributed by atoms with Crippen molar-refractivity contribution >= 4 is 0 Å². The Morgan fingerprint density at radius 1 is 1.00 bits per heavy atom. The summed E-state index contributed by atoms with van der Waals surface area (Å²) in [4.78, 5) is 0. The minimum atomic E-state index is -0.936. The maximum atomic E-state index is 10.8. The summed E-state index contributed by atoms with van der Waals surface area (Å²) in [7, 11) is 1.42. The van der Waals surface area contributed by atoms with E-state index >= 15 is 0 Å². The van der Waals surface area contributed by atoms with Gasteiger partial charge in [0.2, 0.25) is 12.5 Å². The van der Waals surface area contributed by atoms with Gasteiger partial charge < -0.3 is 34.3 Å². The molecule has 7 heteroatoms. The Bertz CT molecular complexity index is 802. The number of benzene rings is 2. The van der Waals surface area contributed by atoms with Gasteiger partial charge in [0, 0.05) is 17.2 Å². The summed E-state index contributed by atoms with van der Waals surface area (Å²) in [6.45, 7) is 0.211. The summed E-state index contributed by atoms with van der Waals surface area (Å²) in [5.74, 6) is 0.912. The average molecular weight is 332 g/mol. The highest BCUT2D eigenvalue weighted by Crippen LogP contribution is 2.50. The molecule has 0 fully saturated rings. The molecule has 0 radical (unpaired) electrons. The fraction of sp³-hybridized carbons (Fsp3) is 0.294. The number of rotatable bonds is 2. The summed E-state index contributed by atoms with van der Waals surface area (Å²) in [5.41, 5.74) is 0.988. The molecule has 0 saturated carbocycles. The molecule has 2 atom stereocenters. The lowest BCUT2D eigenvalue weighted by Crippen LogP contribution is -2.24. The lowest BCUT2D eigenvalue weighted by molar-refractivity contribution is 0.0851. The number of methoxy groups -OCH3 is 1. The molecule has 24 heavy (non-hydrogen) atoms. The Morgan fingerprint density at radius 3 is 2.50 bits per heavy atom. The van der Waals surface area contributed by atoms with Gasteiger partial charge in [-0.2, -0.15) is 0 Å². The summed E-state index contributed by atoms with van der Waals surface area (Å²) >= 11 is 0. The molecule has 0 spiro atoms. The van der Waals surface area contributed by atoms with E-state index in [1.165, 1.54) is 19.2 Å². The maximum Gasteiger partial charge on any atom is 0.231 e. The van der Waals surface area contributed by atoms with Gasteiger partial charge in [-0.3, -0.25) is 0 Å². The Kier molecular flexibility index (Phi) is 3.31.